The minimum absolute atomic E-state index is 0. The molecule has 0 aromatic heterocycles. The zero-order valence-electron chi connectivity index (χ0n) is 21.9. The third-order valence-corrected chi connectivity index (χ3v) is 7.18. The van der Waals surface area contributed by atoms with Gasteiger partial charge in [-0.3, -0.25) is 19.6 Å². The maximum absolute atomic E-state index is 2.60. The van der Waals surface area contributed by atoms with Crippen LogP contribution in [0.2, 0.25) is 0 Å². The van der Waals surface area contributed by atoms with Crippen LogP contribution in [-0.4, -0.2) is 94.1 Å². The van der Waals surface area contributed by atoms with Crippen molar-refractivity contribution in [2.45, 2.75) is 128 Å². The predicted molar refractivity (Wildman–Crippen MR) is 148 cm³/mol. The predicted octanol–water partition coefficient (Wildman–Crippen LogP) is 6.31. The number of likely N-dealkylation sites (tertiary alicyclic amines) is 2. The van der Waals surface area contributed by atoms with Crippen molar-refractivity contribution in [3.8, 4) is 0 Å². The van der Waals surface area contributed by atoms with Crippen molar-refractivity contribution >= 4 is 0 Å². The monoisotopic (exact) mass is 457 g/mol. The van der Waals surface area contributed by atoms with Crippen molar-refractivity contribution in [1.29, 1.82) is 0 Å². The van der Waals surface area contributed by atoms with E-state index in [2.05, 4.69) is 103 Å². The van der Waals surface area contributed by atoms with Gasteiger partial charge in [0.1, 0.15) is 0 Å². The Morgan fingerprint density at radius 1 is 0.375 bits per heavy atom. The second kappa shape index (κ2) is 11.1. The highest BCUT2D eigenvalue weighted by Gasteiger charge is 2.55. The van der Waals surface area contributed by atoms with Gasteiger partial charge in [0.15, 0.2) is 0 Å². The first-order valence-electron chi connectivity index (χ1n) is 11.8. The highest BCUT2D eigenvalue weighted by molar-refractivity contribution is 5.10. The molecular formula is C28H64N4. The fourth-order valence-corrected chi connectivity index (χ4v) is 4.72. The molecule has 0 radical (unpaired) electrons. The standard InChI is InChI=1S/C13H26N2.C12H26N2.3CH4/c1-11(2,3)14-7-13(8-14)9-15(10-13)12(4,5)6;1-11(2,3)13-7-9-14(10-8-13)12(4,5)6;;;/h7-10H2,1-6H3;7-10H2,1-6H3;3*1H4. The summed E-state index contributed by atoms with van der Waals surface area (Å²) in [6.07, 6.45) is 0. The van der Waals surface area contributed by atoms with Crippen LogP contribution in [0.4, 0.5) is 0 Å². The Bertz CT molecular complexity index is 468. The van der Waals surface area contributed by atoms with Gasteiger partial charge in [0.25, 0.3) is 0 Å². The molecule has 1 spiro atoms. The minimum atomic E-state index is 0. The molecule has 0 aromatic rings. The third kappa shape index (κ3) is 8.56. The van der Waals surface area contributed by atoms with Gasteiger partial charge in [-0.2, -0.15) is 0 Å². The molecule has 3 saturated heterocycles. The average Bonchev–Trinajstić information content (AvgIpc) is 2.40. The molecule has 3 rings (SSSR count). The van der Waals surface area contributed by atoms with Gasteiger partial charge in [0, 0.05) is 79.9 Å². The lowest BCUT2D eigenvalue weighted by atomic mass is 9.69. The Balaban J connectivity index is 0. The quantitative estimate of drug-likeness (QED) is 0.423. The molecule has 0 amide bonds. The van der Waals surface area contributed by atoms with E-state index in [0.717, 1.165) is 0 Å². The van der Waals surface area contributed by atoms with Gasteiger partial charge >= 0.3 is 0 Å². The van der Waals surface area contributed by atoms with Gasteiger partial charge in [-0.15, -0.1) is 0 Å². The first-order chi connectivity index (χ1) is 12.8. The second-order valence-corrected chi connectivity index (χ2v) is 13.9. The molecule has 3 heterocycles. The van der Waals surface area contributed by atoms with Crippen LogP contribution in [0, 0.1) is 5.41 Å². The highest BCUT2D eigenvalue weighted by atomic mass is 15.4. The Kier molecular flexibility index (Phi) is 11.7. The van der Waals surface area contributed by atoms with E-state index < -0.39 is 0 Å². The summed E-state index contributed by atoms with van der Waals surface area (Å²) >= 11 is 0. The lowest BCUT2D eigenvalue weighted by Crippen LogP contribution is -2.76. The molecule has 3 aliphatic rings. The lowest BCUT2D eigenvalue weighted by Gasteiger charge is -2.66. The summed E-state index contributed by atoms with van der Waals surface area (Å²) in [5.41, 5.74) is 2.06. The molecule has 0 unspecified atom stereocenters. The highest BCUT2D eigenvalue weighted by Crippen LogP contribution is 2.45. The van der Waals surface area contributed by atoms with Gasteiger partial charge in [-0.05, 0) is 83.1 Å². The zero-order valence-corrected chi connectivity index (χ0v) is 21.9. The van der Waals surface area contributed by atoms with Crippen molar-refractivity contribution in [1.82, 2.24) is 19.6 Å². The Labute approximate surface area is 205 Å². The van der Waals surface area contributed by atoms with Crippen molar-refractivity contribution in [2.24, 2.45) is 5.41 Å². The Hall–Kier alpha value is -0.160. The summed E-state index contributed by atoms with van der Waals surface area (Å²) in [5.74, 6) is 0. The average molecular weight is 457 g/mol. The molecule has 4 nitrogen and oxygen atoms in total. The minimum Gasteiger partial charge on any atom is -0.297 e. The van der Waals surface area contributed by atoms with Crippen molar-refractivity contribution < 1.29 is 0 Å². The lowest BCUT2D eigenvalue weighted by molar-refractivity contribution is -0.167. The SMILES string of the molecule is C.C.C.CC(C)(C)N1CC2(C1)CN(C(C)(C)C)C2.CC(C)(C)N1CCN(C(C)(C)C)CC1. The summed E-state index contributed by atoms with van der Waals surface area (Å²) in [4.78, 5) is 10.4. The van der Waals surface area contributed by atoms with Crippen LogP contribution in [0.3, 0.4) is 0 Å². The number of hydrogen-bond acceptors (Lipinski definition) is 4. The number of piperazine rings is 1. The zero-order chi connectivity index (χ0) is 22.5. The molecule has 0 aliphatic carbocycles. The Morgan fingerprint density at radius 2 is 0.562 bits per heavy atom. The first kappa shape index (κ1) is 34.0. The van der Waals surface area contributed by atoms with Crippen molar-refractivity contribution in [3.05, 3.63) is 0 Å². The van der Waals surface area contributed by atoms with Gasteiger partial charge < -0.3 is 0 Å². The van der Waals surface area contributed by atoms with E-state index in [4.69, 9.17) is 0 Å². The normalized spacial score (nSPS) is 22.9. The van der Waals surface area contributed by atoms with Crippen LogP contribution in [0.25, 0.3) is 0 Å². The first-order valence-corrected chi connectivity index (χ1v) is 11.8. The molecular weight excluding hydrogens is 392 g/mol. The summed E-state index contributed by atoms with van der Waals surface area (Å²) in [6.45, 7) is 37.8. The van der Waals surface area contributed by atoms with Gasteiger partial charge in [0.05, 0.1) is 0 Å². The number of hydrogen-bond donors (Lipinski definition) is 0. The van der Waals surface area contributed by atoms with Crippen LogP contribution in [0.1, 0.15) is 105 Å². The fraction of sp³-hybridized carbons (Fsp3) is 1.00. The van der Waals surface area contributed by atoms with E-state index in [1.807, 2.05) is 0 Å². The summed E-state index contributed by atoms with van der Waals surface area (Å²) in [6, 6.07) is 0. The molecule has 3 fully saturated rings. The van der Waals surface area contributed by atoms with Crippen LogP contribution in [0.5, 0.6) is 0 Å². The molecule has 0 N–H and O–H groups in total. The van der Waals surface area contributed by atoms with Crippen LogP contribution in [-0.2, 0) is 0 Å². The molecule has 196 valence electrons. The maximum atomic E-state index is 2.60. The van der Waals surface area contributed by atoms with E-state index in [-0.39, 0.29) is 22.3 Å². The van der Waals surface area contributed by atoms with Crippen LogP contribution >= 0.6 is 0 Å². The van der Waals surface area contributed by atoms with Crippen molar-refractivity contribution in [3.63, 3.8) is 0 Å². The molecule has 0 bridgehead atoms. The largest absolute Gasteiger partial charge is 0.297 e. The fourth-order valence-electron chi connectivity index (χ4n) is 4.72. The topological polar surface area (TPSA) is 13.0 Å². The molecule has 0 aromatic carbocycles. The van der Waals surface area contributed by atoms with E-state index in [1.54, 1.807) is 0 Å². The molecule has 0 saturated carbocycles. The Morgan fingerprint density at radius 3 is 0.719 bits per heavy atom. The van der Waals surface area contributed by atoms with E-state index in [9.17, 15) is 0 Å². The smallest absolute Gasteiger partial charge is 0.0213 e. The van der Waals surface area contributed by atoms with E-state index >= 15 is 0 Å². The van der Waals surface area contributed by atoms with Crippen LogP contribution < -0.4 is 0 Å². The molecule has 4 heteroatoms. The van der Waals surface area contributed by atoms with Gasteiger partial charge in [0.2, 0.25) is 0 Å². The molecule has 3 aliphatic heterocycles. The molecule has 0 atom stereocenters. The number of nitrogens with zero attached hydrogens (tertiary/aromatic N) is 4. The van der Waals surface area contributed by atoms with E-state index in [1.165, 1.54) is 52.4 Å². The van der Waals surface area contributed by atoms with Gasteiger partial charge in [-0.25, -0.2) is 0 Å². The molecule has 32 heavy (non-hydrogen) atoms. The summed E-state index contributed by atoms with van der Waals surface area (Å²) in [5, 5.41) is 0. The second-order valence-electron chi connectivity index (χ2n) is 13.9. The van der Waals surface area contributed by atoms with Crippen LogP contribution in [0.15, 0.2) is 0 Å². The third-order valence-electron chi connectivity index (χ3n) is 7.18. The summed E-state index contributed by atoms with van der Waals surface area (Å²) < 4.78 is 0. The van der Waals surface area contributed by atoms with Crippen molar-refractivity contribution in [2.75, 3.05) is 52.4 Å². The van der Waals surface area contributed by atoms with E-state index in [0.29, 0.717) is 27.6 Å². The maximum Gasteiger partial charge on any atom is 0.0213 e. The van der Waals surface area contributed by atoms with Gasteiger partial charge in [-0.1, -0.05) is 22.3 Å². The summed E-state index contributed by atoms with van der Waals surface area (Å²) in [7, 11) is 0. The number of rotatable bonds is 0.